The number of hydrogen-bond acceptors (Lipinski definition) is 4. The number of halogens is 3. The summed E-state index contributed by atoms with van der Waals surface area (Å²) < 4.78 is 40.0. The fraction of sp³-hybridized carbons (Fsp3) is 0.0667. The monoisotopic (exact) mass is 430 g/mol. The van der Waals surface area contributed by atoms with Gasteiger partial charge in [-0.05, 0) is 51.8 Å². The Morgan fingerprint density at radius 2 is 2.00 bits per heavy atom. The van der Waals surface area contributed by atoms with Gasteiger partial charge in [-0.15, -0.1) is 0 Å². The van der Waals surface area contributed by atoms with Gasteiger partial charge in [0.2, 0.25) is 5.91 Å². The molecule has 2 aromatic carbocycles. The van der Waals surface area contributed by atoms with Gasteiger partial charge in [0.15, 0.2) is 0 Å². The second-order valence-electron chi connectivity index (χ2n) is 4.71. The van der Waals surface area contributed by atoms with E-state index in [0.717, 1.165) is 12.1 Å². The third kappa shape index (κ3) is 4.32. The molecule has 0 bridgehead atoms. The van der Waals surface area contributed by atoms with Gasteiger partial charge < -0.3 is 0 Å². The minimum absolute atomic E-state index is 0.0920. The van der Waals surface area contributed by atoms with Crippen LogP contribution in [0.2, 0.25) is 5.02 Å². The van der Waals surface area contributed by atoms with Crippen molar-refractivity contribution in [2.24, 2.45) is 0 Å². The Morgan fingerprint density at radius 1 is 1.29 bits per heavy atom. The number of carbonyl (C=O) groups excluding carboxylic acids is 1. The van der Waals surface area contributed by atoms with Gasteiger partial charge >= 0.3 is 0 Å². The zero-order valence-corrected chi connectivity index (χ0v) is 15.0. The molecule has 124 valence electrons. The van der Waals surface area contributed by atoms with Crippen LogP contribution in [0.15, 0.2) is 45.8 Å². The van der Waals surface area contributed by atoms with Crippen LogP contribution >= 0.6 is 27.5 Å². The van der Waals surface area contributed by atoms with E-state index in [1.807, 2.05) is 10.8 Å². The zero-order chi connectivity index (χ0) is 17.9. The highest BCUT2D eigenvalue weighted by molar-refractivity contribution is 9.10. The summed E-state index contributed by atoms with van der Waals surface area (Å²) in [6.45, 7) is 0. The molecule has 2 aromatic rings. The van der Waals surface area contributed by atoms with Crippen molar-refractivity contribution >= 4 is 43.5 Å². The predicted molar refractivity (Wildman–Crippen MR) is 89.3 cm³/mol. The Kier molecular flexibility index (Phi) is 5.59. The van der Waals surface area contributed by atoms with Crippen LogP contribution in [-0.4, -0.2) is 14.3 Å². The molecular formula is C15H9BrClFN2O3S. The van der Waals surface area contributed by atoms with Gasteiger partial charge in [-0.2, -0.15) is 5.26 Å². The third-order valence-electron chi connectivity index (χ3n) is 2.97. The Morgan fingerprint density at radius 3 is 2.62 bits per heavy atom. The maximum absolute atomic E-state index is 13.3. The quantitative estimate of drug-likeness (QED) is 0.805. The molecule has 0 heterocycles. The molecule has 5 nitrogen and oxygen atoms in total. The van der Waals surface area contributed by atoms with Crippen molar-refractivity contribution in [3.63, 3.8) is 0 Å². The van der Waals surface area contributed by atoms with Crippen LogP contribution in [0.5, 0.6) is 0 Å². The van der Waals surface area contributed by atoms with E-state index in [0.29, 0.717) is 4.47 Å². The first kappa shape index (κ1) is 18.4. The van der Waals surface area contributed by atoms with E-state index < -0.39 is 21.7 Å². The van der Waals surface area contributed by atoms with Crippen LogP contribution in [0.25, 0.3) is 0 Å². The standard InChI is InChI=1S/C15H9BrClFN2O3S/c16-12-3-2-11(7-10(12)8-19)24(22,23)20-15(21)6-9-1-4-13(17)14(18)5-9/h1-5,7H,6H2,(H,20,21). The second-order valence-corrected chi connectivity index (χ2v) is 7.65. The van der Waals surface area contributed by atoms with Gasteiger partial charge in [0, 0.05) is 4.47 Å². The average Bonchev–Trinajstić information content (AvgIpc) is 2.50. The topological polar surface area (TPSA) is 87.0 Å². The lowest BCUT2D eigenvalue weighted by Gasteiger charge is -2.08. The number of hydrogen-bond donors (Lipinski definition) is 1. The van der Waals surface area contributed by atoms with Crippen molar-refractivity contribution in [1.29, 1.82) is 5.26 Å². The molecule has 0 aliphatic rings. The molecule has 0 atom stereocenters. The van der Waals surface area contributed by atoms with Crippen molar-refractivity contribution < 1.29 is 17.6 Å². The fourth-order valence-corrected chi connectivity index (χ4v) is 3.30. The number of rotatable bonds is 4. The van der Waals surface area contributed by atoms with Crippen LogP contribution in [0.3, 0.4) is 0 Å². The zero-order valence-electron chi connectivity index (χ0n) is 11.9. The number of carbonyl (C=O) groups is 1. The molecule has 0 fully saturated rings. The van der Waals surface area contributed by atoms with Crippen LogP contribution in [0.1, 0.15) is 11.1 Å². The molecule has 1 N–H and O–H groups in total. The molecule has 9 heteroatoms. The van der Waals surface area contributed by atoms with Crippen molar-refractivity contribution in [2.75, 3.05) is 0 Å². The number of sulfonamides is 1. The molecule has 0 unspecified atom stereocenters. The van der Waals surface area contributed by atoms with Gasteiger partial charge in [-0.1, -0.05) is 17.7 Å². The average molecular weight is 432 g/mol. The van der Waals surface area contributed by atoms with Crippen molar-refractivity contribution in [1.82, 2.24) is 4.72 Å². The van der Waals surface area contributed by atoms with Crippen molar-refractivity contribution in [2.45, 2.75) is 11.3 Å². The molecule has 0 aliphatic heterocycles. The summed E-state index contributed by atoms with van der Waals surface area (Å²) in [5.41, 5.74) is 0.392. The Labute approximate surface area is 151 Å². The minimum atomic E-state index is -4.14. The molecule has 0 aromatic heterocycles. The first-order valence-corrected chi connectivity index (χ1v) is 9.07. The van der Waals surface area contributed by atoms with Gasteiger partial charge in [-0.3, -0.25) is 4.79 Å². The first-order chi connectivity index (χ1) is 11.2. The fourth-order valence-electron chi connectivity index (χ4n) is 1.84. The minimum Gasteiger partial charge on any atom is -0.274 e. The number of amides is 1. The molecule has 0 radical (unpaired) electrons. The lowest BCUT2D eigenvalue weighted by atomic mass is 10.1. The van der Waals surface area contributed by atoms with E-state index in [1.165, 1.54) is 24.3 Å². The SMILES string of the molecule is N#Cc1cc(S(=O)(=O)NC(=O)Cc2ccc(Cl)c(F)c2)ccc1Br. The number of nitriles is 1. The van der Waals surface area contributed by atoms with E-state index in [1.54, 1.807) is 0 Å². The van der Waals surface area contributed by atoms with E-state index in [-0.39, 0.29) is 27.5 Å². The van der Waals surface area contributed by atoms with Gasteiger partial charge in [0.05, 0.1) is 21.9 Å². The predicted octanol–water partition coefficient (Wildman–Crippen LogP) is 3.16. The van der Waals surface area contributed by atoms with Crippen LogP contribution in [0, 0.1) is 17.1 Å². The van der Waals surface area contributed by atoms with Crippen LogP contribution in [0.4, 0.5) is 4.39 Å². The summed E-state index contributed by atoms with van der Waals surface area (Å²) in [4.78, 5) is 11.7. The molecule has 0 saturated carbocycles. The van der Waals surface area contributed by atoms with E-state index in [2.05, 4.69) is 15.9 Å². The Bertz CT molecular complexity index is 958. The summed E-state index contributed by atoms with van der Waals surface area (Å²) in [5, 5.41) is 8.83. The van der Waals surface area contributed by atoms with Crippen molar-refractivity contribution in [3.05, 3.63) is 62.8 Å². The highest BCUT2D eigenvalue weighted by atomic mass is 79.9. The third-order valence-corrected chi connectivity index (χ3v) is 5.33. The lowest BCUT2D eigenvalue weighted by Crippen LogP contribution is -2.31. The summed E-state index contributed by atoms with van der Waals surface area (Å²) in [6, 6.07) is 9.38. The number of nitrogens with one attached hydrogen (secondary N) is 1. The molecule has 1 amide bonds. The van der Waals surface area contributed by atoms with E-state index in [9.17, 15) is 17.6 Å². The highest BCUT2D eigenvalue weighted by Gasteiger charge is 2.19. The Hall–Kier alpha value is -1.95. The van der Waals surface area contributed by atoms with E-state index in [4.69, 9.17) is 16.9 Å². The largest absolute Gasteiger partial charge is 0.274 e. The molecule has 0 aliphatic carbocycles. The number of benzene rings is 2. The lowest BCUT2D eigenvalue weighted by molar-refractivity contribution is -0.118. The summed E-state index contributed by atoms with van der Waals surface area (Å²) in [5.74, 6) is -1.53. The van der Waals surface area contributed by atoms with Gasteiger partial charge in [-0.25, -0.2) is 17.5 Å². The van der Waals surface area contributed by atoms with E-state index >= 15 is 0 Å². The molecule has 2 rings (SSSR count). The summed E-state index contributed by atoms with van der Waals surface area (Å²) >= 11 is 8.66. The maximum Gasteiger partial charge on any atom is 0.264 e. The summed E-state index contributed by atoms with van der Waals surface area (Å²) in [7, 11) is -4.14. The van der Waals surface area contributed by atoms with Gasteiger partial charge in [0.25, 0.3) is 10.0 Å². The molecule has 0 saturated heterocycles. The molecule has 0 spiro atoms. The normalized spacial score (nSPS) is 10.9. The van der Waals surface area contributed by atoms with Crippen LogP contribution in [-0.2, 0) is 21.2 Å². The Balaban J connectivity index is 2.18. The molecule has 24 heavy (non-hydrogen) atoms. The van der Waals surface area contributed by atoms with Crippen molar-refractivity contribution in [3.8, 4) is 6.07 Å². The summed E-state index contributed by atoms with van der Waals surface area (Å²) in [6.07, 6.45) is -0.338. The first-order valence-electron chi connectivity index (χ1n) is 6.42. The van der Waals surface area contributed by atoms with Crippen LogP contribution < -0.4 is 4.72 Å². The smallest absolute Gasteiger partial charge is 0.264 e. The highest BCUT2D eigenvalue weighted by Crippen LogP contribution is 2.20. The number of nitrogens with zero attached hydrogens (tertiary/aromatic N) is 1. The second kappa shape index (κ2) is 7.30. The van der Waals surface area contributed by atoms with Gasteiger partial charge in [0.1, 0.15) is 11.9 Å². The maximum atomic E-state index is 13.3. The molecular weight excluding hydrogens is 423 g/mol.